The van der Waals surface area contributed by atoms with Gasteiger partial charge in [0.05, 0.1) is 0 Å². The number of amides is 1. The molecule has 2 aromatic rings. The van der Waals surface area contributed by atoms with Gasteiger partial charge in [-0.2, -0.15) is 0 Å². The molecule has 0 aliphatic carbocycles. The van der Waals surface area contributed by atoms with Crippen LogP contribution in [0.4, 0.5) is 0 Å². The molecule has 1 fully saturated rings. The molecular formula is C30H37NO7. The van der Waals surface area contributed by atoms with Crippen LogP contribution >= 0.6 is 0 Å². The number of ketones is 1. The Bertz CT molecular complexity index is 1130. The maximum absolute atomic E-state index is 13.5. The molecule has 2 unspecified atom stereocenters. The van der Waals surface area contributed by atoms with Gasteiger partial charge in [0, 0.05) is 12.0 Å². The lowest BCUT2D eigenvalue weighted by molar-refractivity contribution is -0.164. The van der Waals surface area contributed by atoms with E-state index in [2.05, 4.69) is 0 Å². The first-order chi connectivity index (χ1) is 18.1. The van der Waals surface area contributed by atoms with Crippen molar-refractivity contribution in [2.75, 3.05) is 13.2 Å². The smallest absolute Gasteiger partial charge is 0.341 e. The van der Waals surface area contributed by atoms with Crippen LogP contribution in [-0.2, 0) is 30.3 Å². The second-order valence-electron chi connectivity index (χ2n) is 10.3. The second kappa shape index (κ2) is 13.2. The van der Waals surface area contributed by atoms with E-state index >= 15 is 0 Å². The topological polar surface area (TPSA) is 110 Å². The van der Waals surface area contributed by atoms with Gasteiger partial charge >= 0.3 is 11.9 Å². The maximum Gasteiger partial charge on any atom is 0.341 e. The number of hydrogen-bond acceptors (Lipinski definition) is 6. The summed E-state index contributed by atoms with van der Waals surface area (Å²) in [7, 11) is 0. The SMILES string of the molecule is CCC(C)(C)C(=O)C(=O)N1CCCCC1C(=O)OC(CCc1ccccc1)c1cccc(OCC(=O)O)c1. The first-order valence-electron chi connectivity index (χ1n) is 13.2. The molecule has 8 nitrogen and oxygen atoms in total. The van der Waals surface area contributed by atoms with E-state index in [0.29, 0.717) is 43.5 Å². The van der Waals surface area contributed by atoms with Crippen LogP contribution in [-0.4, -0.2) is 52.8 Å². The lowest BCUT2D eigenvalue weighted by atomic mass is 9.84. The van der Waals surface area contributed by atoms with Crippen molar-refractivity contribution in [3.8, 4) is 5.75 Å². The van der Waals surface area contributed by atoms with E-state index in [-0.39, 0.29) is 0 Å². The van der Waals surface area contributed by atoms with Crippen LogP contribution in [0, 0.1) is 5.41 Å². The molecule has 3 rings (SSSR count). The number of carbonyl (C=O) groups excluding carboxylic acids is 3. The molecule has 2 aromatic carbocycles. The minimum Gasteiger partial charge on any atom is -0.482 e. The summed E-state index contributed by atoms with van der Waals surface area (Å²) in [4.78, 5) is 51.9. The molecule has 1 aliphatic rings. The molecule has 8 heteroatoms. The second-order valence-corrected chi connectivity index (χ2v) is 10.3. The third kappa shape index (κ3) is 7.66. The highest BCUT2D eigenvalue weighted by molar-refractivity contribution is 6.38. The van der Waals surface area contributed by atoms with Gasteiger partial charge in [-0.3, -0.25) is 9.59 Å². The van der Waals surface area contributed by atoms with Gasteiger partial charge in [-0.1, -0.05) is 63.2 Å². The van der Waals surface area contributed by atoms with Crippen LogP contribution in [0.2, 0.25) is 0 Å². The predicted molar refractivity (Wildman–Crippen MR) is 142 cm³/mol. The van der Waals surface area contributed by atoms with Gasteiger partial charge in [-0.15, -0.1) is 0 Å². The molecule has 1 saturated heterocycles. The summed E-state index contributed by atoms with van der Waals surface area (Å²) in [6, 6.07) is 15.8. The van der Waals surface area contributed by atoms with Gasteiger partial charge in [-0.25, -0.2) is 9.59 Å². The minimum atomic E-state index is -1.09. The van der Waals surface area contributed by atoms with Crippen molar-refractivity contribution < 1.29 is 33.8 Å². The molecule has 1 aliphatic heterocycles. The van der Waals surface area contributed by atoms with E-state index < -0.39 is 47.8 Å². The quantitative estimate of drug-likeness (QED) is 0.316. The number of carboxylic acid groups (broad SMARTS) is 1. The van der Waals surface area contributed by atoms with Crippen molar-refractivity contribution in [2.45, 2.75) is 71.4 Å². The average molecular weight is 524 g/mol. The van der Waals surface area contributed by atoms with Crippen LogP contribution in [0.3, 0.4) is 0 Å². The summed E-state index contributed by atoms with van der Waals surface area (Å²) in [5.41, 5.74) is 0.931. The lowest BCUT2D eigenvalue weighted by Crippen LogP contribution is -2.53. The molecule has 0 bridgehead atoms. The van der Waals surface area contributed by atoms with E-state index in [1.54, 1.807) is 38.1 Å². The highest BCUT2D eigenvalue weighted by Gasteiger charge is 2.41. The van der Waals surface area contributed by atoms with Crippen molar-refractivity contribution in [3.05, 3.63) is 65.7 Å². The van der Waals surface area contributed by atoms with E-state index in [9.17, 15) is 19.2 Å². The summed E-state index contributed by atoms with van der Waals surface area (Å²) in [5, 5.41) is 8.95. The van der Waals surface area contributed by atoms with Crippen molar-refractivity contribution >= 4 is 23.6 Å². The van der Waals surface area contributed by atoms with Crippen LogP contribution < -0.4 is 4.74 Å². The van der Waals surface area contributed by atoms with E-state index in [0.717, 1.165) is 18.4 Å². The van der Waals surface area contributed by atoms with Gasteiger partial charge in [-0.05, 0) is 61.8 Å². The predicted octanol–water partition coefficient (Wildman–Crippen LogP) is 4.75. The number of benzene rings is 2. The highest BCUT2D eigenvalue weighted by atomic mass is 16.5. The van der Waals surface area contributed by atoms with Crippen molar-refractivity contribution in [1.82, 2.24) is 4.90 Å². The van der Waals surface area contributed by atoms with Gasteiger partial charge in [0.25, 0.3) is 5.91 Å². The Morgan fingerprint density at radius 1 is 1.05 bits per heavy atom. The van der Waals surface area contributed by atoms with Crippen molar-refractivity contribution in [2.24, 2.45) is 5.41 Å². The molecule has 1 heterocycles. The van der Waals surface area contributed by atoms with Crippen molar-refractivity contribution in [1.29, 1.82) is 0 Å². The fraction of sp³-hybridized carbons (Fsp3) is 0.467. The number of hydrogen-bond donors (Lipinski definition) is 1. The summed E-state index contributed by atoms with van der Waals surface area (Å²) < 4.78 is 11.4. The Balaban J connectivity index is 1.82. The maximum atomic E-state index is 13.5. The highest BCUT2D eigenvalue weighted by Crippen LogP contribution is 2.30. The number of rotatable bonds is 12. The third-order valence-corrected chi connectivity index (χ3v) is 7.12. The Morgan fingerprint density at radius 2 is 1.79 bits per heavy atom. The zero-order valence-electron chi connectivity index (χ0n) is 22.4. The summed E-state index contributed by atoms with van der Waals surface area (Å²) in [5.74, 6) is -2.42. The van der Waals surface area contributed by atoms with E-state index in [1.807, 2.05) is 37.3 Å². The summed E-state index contributed by atoms with van der Waals surface area (Å²) in [6.45, 7) is 5.18. The Labute approximate surface area is 223 Å². The molecule has 0 aromatic heterocycles. The monoisotopic (exact) mass is 523 g/mol. The molecule has 0 spiro atoms. The van der Waals surface area contributed by atoms with Gasteiger partial charge in [0.1, 0.15) is 17.9 Å². The molecular weight excluding hydrogens is 486 g/mol. The molecule has 2 atom stereocenters. The van der Waals surface area contributed by atoms with Crippen LogP contribution in [0.25, 0.3) is 0 Å². The van der Waals surface area contributed by atoms with E-state index in [1.165, 1.54) is 4.90 Å². The number of Topliss-reactive ketones (excluding diaryl/α,β-unsaturated/α-hetero) is 1. The average Bonchev–Trinajstić information content (AvgIpc) is 2.93. The fourth-order valence-corrected chi connectivity index (χ4v) is 4.40. The number of ether oxygens (including phenoxy) is 2. The molecule has 1 N–H and O–H groups in total. The Kier molecular flexibility index (Phi) is 10.0. The normalized spacial score (nSPS) is 16.4. The van der Waals surface area contributed by atoms with E-state index in [4.69, 9.17) is 14.6 Å². The summed E-state index contributed by atoms with van der Waals surface area (Å²) in [6.07, 6.45) is 2.87. The molecule has 204 valence electrons. The third-order valence-electron chi connectivity index (χ3n) is 7.12. The fourth-order valence-electron chi connectivity index (χ4n) is 4.40. The first kappa shape index (κ1) is 28.9. The standard InChI is InChI=1S/C30H37NO7/c1-4-30(2,3)27(34)28(35)31-18-9-8-15-24(31)29(36)38-25(17-16-21-11-6-5-7-12-21)22-13-10-14-23(19-22)37-20-26(32)33/h5-7,10-14,19,24-25H,4,8-9,15-18,20H2,1-3H3,(H,32,33). The zero-order valence-corrected chi connectivity index (χ0v) is 22.4. The molecule has 38 heavy (non-hydrogen) atoms. The Morgan fingerprint density at radius 3 is 2.47 bits per heavy atom. The minimum absolute atomic E-state index is 0.331. The number of carbonyl (C=O) groups is 4. The van der Waals surface area contributed by atoms with Crippen LogP contribution in [0.1, 0.15) is 70.1 Å². The Hall–Kier alpha value is -3.68. The number of aryl methyl sites for hydroxylation is 1. The first-order valence-corrected chi connectivity index (χ1v) is 13.2. The lowest BCUT2D eigenvalue weighted by Gasteiger charge is -2.36. The number of carboxylic acids is 1. The number of likely N-dealkylation sites (tertiary alicyclic amines) is 1. The summed E-state index contributed by atoms with van der Waals surface area (Å²) >= 11 is 0. The molecule has 1 amide bonds. The number of esters is 1. The largest absolute Gasteiger partial charge is 0.482 e. The number of piperidine rings is 1. The zero-order chi connectivity index (χ0) is 27.7. The number of aliphatic carboxylic acids is 1. The molecule has 0 saturated carbocycles. The molecule has 0 radical (unpaired) electrons. The number of nitrogens with zero attached hydrogens (tertiary/aromatic N) is 1. The van der Waals surface area contributed by atoms with Crippen molar-refractivity contribution in [3.63, 3.8) is 0 Å². The van der Waals surface area contributed by atoms with Gasteiger partial charge in [0.15, 0.2) is 6.61 Å². The van der Waals surface area contributed by atoms with Gasteiger partial charge in [0.2, 0.25) is 5.78 Å². The van der Waals surface area contributed by atoms with Gasteiger partial charge < -0.3 is 19.5 Å². The van der Waals surface area contributed by atoms with Crippen LogP contribution in [0.15, 0.2) is 54.6 Å². The van der Waals surface area contributed by atoms with Crippen LogP contribution in [0.5, 0.6) is 5.75 Å².